The van der Waals surface area contributed by atoms with Gasteiger partial charge in [-0.15, -0.1) is 0 Å². The van der Waals surface area contributed by atoms with Crippen LogP contribution >= 0.6 is 0 Å². The number of piperidine rings is 1. The molecule has 1 N–H and O–H groups in total. The maximum atomic E-state index is 5.23. The van der Waals surface area contributed by atoms with Crippen molar-refractivity contribution in [2.45, 2.75) is 69.7 Å². The van der Waals surface area contributed by atoms with Gasteiger partial charge in [0.1, 0.15) is 11.6 Å². The highest BCUT2D eigenvalue weighted by atomic mass is 16.5. The maximum Gasteiger partial charge on any atom is 0.126 e. The quantitative estimate of drug-likeness (QED) is 0.574. The second kappa shape index (κ2) is 10.8. The van der Waals surface area contributed by atoms with Crippen LogP contribution < -0.4 is 10.1 Å². The zero-order valence-electron chi connectivity index (χ0n) is 18.5. The average molecular weight is 408 g/mol. The van der Waals surface area contributed by atoms with E-state index >= 15 is 0 Å². The number of rotatable bonds is 8. The Hall–Kier alpha value is -2.07. The summed E-state index contributed by atoms with van der Waals surface area (Å²) in [5.74, 6) is 2.53. The first kappa shape index (κ1) is 21.2. The largest absolute Gasteiger partial charge is 0.497 e. The van der Waals surface area contributed by atoms with Gasteiger partial charge in [-0.05, 0) is 74.9 Å². The van der Waals surface area contributed by atoms with Gasteiger partial charge in [-0.25, -0.2) is 4.98 Å². The number of nitrogens with zero attached hydrogens (tertiary/aromatic N) is 2. The zero-order chi connectivity index (χ0) is 20.6. The van der Waals surface area contributed by atoms with E-state index in [4.69, 9.17) is 9.72 Å². The maximum absolute atomic E-state index is 5.23. The summed E-state index contributed by atoms with van der Waals surface area (Å²) in [7, 11) is 1.71. The van der Waals surface area contributed by atoms with E-state index < -0.39 is 0 Å². The molecule has 2 fully saturated rings. The Morgan fingerprint density at radius 1 is 1.00 bits per heavy atom. The van der Waals surface area contributed by atoms with Crippen LogP contribution in [0.25, 0.3) is 0 Å². The molecule has 4 rings (SSSR count). The van der Waals surface area contributed by atoms with Gasteiger partial charge in [0.2, 0.25) is 0 Å². The Morgan fingerprint density at radius 3 is 2.63 bits per heavy atom. The fraction of sp³-hybridized carbons (Fsp3) is 0.577. The van der Waals surface area contributed by atoms with E-state index in [1.807, 2.05) is 12.1 Å². The first-order valence-electron chi connectivity index (χ1n) is 11.9. The number of benzene rings is 1. The summed E-state index contributed by atoms with van der Waals surface area (Å²) >= 11 is 0. The van der Waals surface area contributed by atoms with Gasteiger partial charge in [-0.2, -0.15) is 0 Å². The zero-order valence-corrected chi connectivity index (χ0v) is 18.5. The van der Waals surface area contributed by atoms with Crippen LogP contribution in [0, 0.1) is 0 Å². The first-order valence-corrected chi connectivity index (χ1v) is 11.9. The third-order valence-corrected chi connectivity index (χ3v) is 6.84. The Kier molecular flexibility index (Phi) is 7.63. The molecule has 1 aromatic carbocycles. The van der Waals surface area contributed by atoms with Crippen molar-refractivity contribution in [2.24, 2.45) is 0 Å². The van der Waals surface area contributed by atoms with Crippen LogP contribution in [0.3, 0.4) is 0 Å². The normalized spacial score (nSPS) is 20.8. The highest BCUT2D eigenvalue weighted by Gasteiger charge is 2.28. The van der Waals surface area contributed by atoms with Crippen molar-refractivity contribution < 1.29 is 4.74 Å². The second-order valence-electron chi connectivity index (χ2n) is 8.95. The minimum absolute atomic E-state index is 0.585. The summed E-state index contributed by atoms with van der Waals surface area (Å²) in [4.78, 5) is 7.76. The Bertz CT molecular complexity index is 770. The number of hydrogen-bond donors (Lipinski definition) is 1. The first-order chi connectivity index (χ1) is 14.8. The Labute approximate surface area is 182 Å². The lowest BCUT2D eigenvalue weighted by Crippen LogP contribution is -2.43. The van der Waals surface area contributed by atoms with Gasteiger partial charge in [0.05, 0.1) is 7.11 Å². The molecule has 0 spiro atoms. The second-order valence-corrected chi connectivity index (χ2v) is 8.95. The van der Waals surface area contributed by atoms with Gasteiger partial charge in [0, 0.05) is 30.7 Å². The summed E-state index contributed by atoms with van der Waals surface area (Å²) in [5.41, 5.74) is 2.62. The van der Waals surface area contributed by atoms with E-state index in [1.165, 1.54) is 69.3 Å². The van der Waals surface area contributed by atoms with Crippen LogP contribution in [-0.4, -0.2) is 42.7 Å². The Balaban J connectivity index is 1.26. The summed E-state index contributed by atoms with van der Waals surface area (Å²) < 4.78 is 5.23. The van der Waals surface area contributed by atoms with Crippen molar-refractivity contribution in [3.63, 3.8) is 0 Å². The third kappa shape index (κ3) is 5.75. The molecule has 4 heteroatoms. The Morgan fingerprint density at radius 2 is 1.83 bits per heavy atom. The van der Waals surface area contributed by atoms with E-state index in [2.05, 4.69) is 40.5 Å². The molecule has 1 saturated carbocycles. The van der Waals surface area contributed by atoms with Gasteiger partial charge in [0.25, 0.3) is 0 Å². The van der Waals surface area contributed by atoms with Gasteiger partial charge < -0.3 is 10.1 Å². The lowest BCUT2D eigenvalue weighted by Gasteiger charge is -2.40. The van der Waals surface area contributed by atoms with E-state index in [0.29, 0.717) is 5.92 Å². The van der Waals surface area contributed by atoms with Crippen molar-refractivity contribution in [1.29, 1.82) is 0 Å². The number of likely N-dealkylation sites (tertiary alicyclic amines) is 1. The van der Waals surface area contributed by atoms with Gasteiger partial charge >= 0.3 is 0 Å². The van der Waals surface area contributed by atoms with E-state index in [-0.39, 0.29) is 0 Å². The van der Waals surface area contributed by atoms with E-state index in [9.17, 15) is 0 Å². The third-order valence-electron chi connectivity index (χ3n) is 6.84. The van der Waals surface area contributed by atoms with E-state index in [1.54, 1.807) is 7.11 Å². The fourth-order valence-corrected chi connectivity index (χ4v) is 5.10. The molecule has 1 aliphatic carbocycles. The molecule has 2 heterocycles. The standard InChI is InChI=1S/C26H37N3O/c1-30-24-16-14-21(15-17-24)8-6-18-27-26-13-5-12-25(28-26)22-9-7-19-29(20-22)23-10-3-2-4-11-23/h5,12-17,22-23H,2-4,6-11,18-20H2,1H3,(H,27,28). The molecule has 2 aromatic rings. The smallest absolute Gasteiger partial charge is 0.126 e. The molecule has 1 saturated heterocycles. The van der Waals surface area contributed by atoms with Crippen LogP contribution in [0.5, 0.6) is 5.75 Å². The predicted octanol–water partition coefficient (Wildman–Crippen LogP) is 5.65. The number of hydrogen-bond acceptors (Lipinski definition) is 4. The van der Waals surface area contributed by atoms with E-state index in [0.717, 1.165) is 37.0 Å². The van der Waals surface area contributed by atoms with Gasteiger partial charge in [-0.3, -0.25) is 4.90 Å². The highest BCUT2D eigenvalue weighted by Crippen LogP contribution is 2.31. The lowest BCUT2D eigenvalue weighted by atomic mass is 9.89. The summed E-state index contributed by atoms with van der Waals surface area (Å²) in [5, 5.41) is 3.54. The number of aryl methyl sites for hydroxylation is 1. The van der Waals surface area contributed by atoms with Crippen molar-refractivity contribution >= 4 is 5.82 Å². The van der Waals surface area contributed by atoms with Crippen molar-refractivity contribution in [3.05, 3.63) is 53.7 Å². The number of anilines is 1. The fourth-order valence-electron chi connectivity index (χ4n) is 5.10. The molecule has 2 aliphatic rings. The summed E-state index contributed by atoms with van der Waals surface area (Å²) in [6.07, 6.45) is 11.8. The molecule has 30 heavy (non-hydrogen) atoms. The molecule has 1 aromatic heterocycles. The molecule has 1 atom stereocenters. The predicted molar refractivity (Wildman–Crippen MR) is 124 cm³/mol. The van der Waals surface area contributed by atoms with Crippen LogP contribution in [0.1, 0.15) is 68.5 Å². The molecule has 0 amide bonds. The van der Waals surface area contributed by atoms with Crippen molar-refractivity contribution in [2.75, 3.05) is 32.1 Å². The molecule has 1 unspecified atom stereocenters. The van der Waals surface area contributed by atoms with Crippen molar-refractivity contribution in [1.82, 2.24) is 9.88 Å². The van der Waals surface area contributed by atoms with Crippen LogP contribution in [0.2, 0.25) is 0 Å². The molecular weight excluding hydrogens is 370 g/mol. The summed E-state index contributed by atoms with van der Waals surface area (Å²) in [6.45, 7) is 3.42. The number of methoxy groups -OCH3 is 1. The van der Waals surface area contributed by atoms with Crippen LogP contribution in [0.15, 0.2) is 42.5 Å². The highest BCUT2D eigenvalue weighted by molar-refractivity contribution is 5.36. The number of ether oxygens (including phenoxy) is 1. The molecule has 0 radical (unpaired) electrons. The minimum atomic E-state index is 0.585. The number of nitrogens with one attached hydrogen (secondary N) is 1. The number of aromatic nitrogens is 1. The van der Waals surface area contributed by atoms with Gasteiger partial charge in [0.15, 0.2) is 0 Å². The average Bonchev–Trinajstić information content (AvgIpc) is 2.83. The SMILES string of the molecule is COc1ccc(CCCNc2cccc(C3CCCN(C4CCCCC4)C3)n2)cc1. The van der Waals surface area contributed by atoms with Gasteiger partial charge in [-0.1, -0.05) is 37.5 Å². The minimum Gasteiger partial charge on any atom is -0.497 e. The monoisotopic (exact) mass is 407 g/mol. The lowest BCUT2D eigenvalue weighted by molar-refractivity contribution is 0.118. The van der Waals surface area contributed by atoms with Crippen LogP contribution in [0.4, 0.5) is 5.82 Å². The van der Waals surface area contributed by atoms with Crippen LogP contribution in [-0.2, 0) is 6.42 Å². The molecular formula is C26H37N3O. The topological polar surface area (TPSA) is 37.4 Å². The number of pyridine rings is 1. The molecule has 1 aliphatic heterocycles. The molecule has 162 valence electrons. The molecule has 0 bridgehead atoms. The summed E-state index contributed by atoms with van der Waals surface area (Å²) in [6, 6.07) is 15.7. The molecule has 4 nitrogen and oxygen atoms in total. The van der Waals surface area contributed by atoms with Crippen molar-refractivity contribution in [3.8, 4) is 5.75 Å².